The minimum atomic E-state index is -0.930. The molecule has 0 unspecified atom stereocenters. The van der Waals surface area contributed by atoms with Crippen molar-refractivity contribution in [3.63, 3.8) is 0 Å². The number of aromatic carboxylic acids is 1. The Labute approximate surface area is 115 Å². The van der Waals surface area contributed by atoms with Gasteiger partial charge in [-0.25, -0.2) is 4.79 Å². The molecule has 1 aliphatic rings. The van der Waals surface area contributed by atoms with E-state index in [-0.39, 0.29) is 0 Å². The summed E-state index contributed by atoms with van der Waals surface area (Å²) in [5, 5.41) is 17.2. The van der Waals surface area contributed by atoms with Crippen molar-refractivity contribution in [1.82, 2.24) is 10.2 Å². The minimum absolute atomic E-state index is 0.298. The van der Waals surface area contributed by atoms with Gasteiger partial charge in [-0.05, 0) is 25.0 Å². The second-order valence-electron chi connectivity index (χ2n) is 4.80. The highest BCUT2D eigenvalue weighted by Gasteiger charge is 2.29. The summed E-state index contributed by atoms with van der Waals surface area (Å²) in [6, 6.07) is 7.05. The summed E-state index contributed by atoms with van der Waals surface area (Å²) < 4.78 is 0. The number of aromatic amines is 1. The second-order valence-corrected chi connectivity index (χ2v) is 5.24. The van der Waals surface area contributed by atoms with Gasteiger partial charge in [-0.2, -0.15) is 5.10 Å². The van der Waals surface area contributed by atoms with Crippen LogP contribution in [-0.2, 0) is 0 Å². The number of nitrogens with one attached hydrogen (secondary N) is 1. The molecular formula is C14H13ClN2O2. The van der Waals surface area contributed by atoms with E-state index in [2.05, 4.69) is 10.2 Å². The Bertz CT molecular complexity index is 615. The van der Waals surface area contributed by atoms with Crippen LogP contribution in [0.2, 0.25) is 5.02 Å². The van der Waals surface area contributed by atoms with Crippen LogP contribution in [0.1, 0.15) is 41.2 Å². The molecule has 0 bridgehead atoms. The lowest BCUT2D eigenvalue weighted by atomic mass is 9.81. The zero-order valence-corrected chi connectivity index (χ0v) is 10.9. The normalized spacial score (nSPS) is 15.2. The van der Waals surface area contributed by atoms with Crippen molar-refractivity contribution in [2.24, 2.45) is 0 Å². The Morgan fingerprint density at radius 1 is 1.32 bits per heavy atom. The van der Waals surface area contributed by atoms with E-state index < -0.39 is 5.97 Å². The van der Waals surface area contributed by atoms with Crippen LogP contribution >= 0.6 is 11.6 Å². The molecule has 0 amide bonds. The molecule has 2 N–H and O–H groups in total. The fourth-order valence-corrected chi connectivity index (χ4v) is 2.51. The highest BCUT2D eigenvalue weighted by Crippen LogP contribution is 2.39. The van der Waals surface area contributed by atoms with Crippen LogP contribution in [0.4, 0.5) is 0 Å². The molecule has 1 aromatic heterocycles. The van der Waals surface area contributed by atoms with E-state index in [1.807, 2.05) is 0 Å². The average molecular weight is 277 g/mol. The number of nitrogens with zero attached hydrogens (tertiary/aromatic N) is 1. The van der Waals surface area contributed by atoms with Gasteiger partial charge >= 0.3 is 5.97 Å². The van der Waals surface area contributed by atoms with Crippen LogP contribution in [-0.4, -0.2) is 21.3 Å². The first-order valence-electron chi connectivity index (χ1n) is 6.24. The lowest BCUT2D eigenvalue weighted by Crippen LogP contribution is -2.13. The molecule has 0 atom stereocenters. The van der Waals surface area contributed by atoms with Crippen LogP contribution in [0.5, 0.6) is 0 Å². The Morgan fingerprint density at radius 3 is 2.53 bits per heavy atom. The lowest BCUT2D eigenvalue weighted by molar-refractivity contribution is 0.0695. The van der Waals surface area contributed by atoms with Crippen molar-refractivity contribution >= 4 is 17.6 Å². The third kappa shape index (κ3) is 2.12. The summed E-state index contributed by atoms with van der Waals surface area (Å²) >= 11 is 5.84. The van der Waals surface area contributed by atoms with Crippen molar-refractivity contribution in [3.05, 3.63) is 40.5 Å². The van der Waals surface area contributed by atoms with E-state index in [0.29, 0.717) is 22.2 Å². The van der Waals surface area contributed by atoms with Crippen LogP contribution in [0, 0.1) is 0 Å². The summed E-state index contributed by atoms with van der Waals surface area (Å²) in [6.45, 7) is 0. The standard InChI is InChI=1S/C14H13ClN2O2/c15-10-6-4-9(5-7-10)13-11(14(18)19)12(16-17-13)8-2-1-3-8/h4-8H,1-3H2,(H,16,17)(H,18,19). The van der Waals surface area contributed by atoms with Gasteiger partial charge in [0.05, 0.1) is 5.69 Å². The third-order valence-corrected chi connectivity index (χ3v) is 3.89. The first kappa shape index (κ1) is 12.2. The topological polar surface area (TPSA) is 66.0 Å². The van der Waals surface area contributed by atoms with Gasteiger partial charge in [-0.3, -0.25) is 5.10 Å². The highest BCUT2D eigenvalue weighted by molar-refractivity contribution is 6.30. The number of carboxylic acids is 1. The zero-order valence-electron chi connectivity index (χ0n) is 10.2. The van der Waals surface area contributed by atoms with Crippen molar-refractivity contribution in [3.8, 4) is 11.3 Å². The first-order chi connectivity index (χ1) is 9.16. The molecule has 98 valence electrons. The largest absolute Gasteiger partial charge is 0.478 e. The van der Waals surface area contributed by atoms with E-state index in [1.54, 1.807) is 24.3 Å². The van der Waals surface area contributed by atoms with Crippen molar-refractivity contribution in [2.75, 3.05) is 0 Å². The summed E-state index contributed by atoms with van der Waals surface area (Å²) in [5.74, 6) is -0.625. The number of H-pyrrole nitrogens is 1. The smallest absolute Gasteiger partial charge is 0.339 e. The molecule has 0 saturated heterocycles. The minimum Gasteiger partial charge on any atom is -0.478 e. The maximum Gasteiger partial charge on any atom is 0.339 e. The van der Waals surface area contributed by atoms with Gasteiger partial charge in [-0.15, -0.1) is 0 Å². The van der Waals surface area contributed by atoms with Gasteiger partial charge in [-0.1, -0.05) is 30.2 Å². The predicted octanol–water partition coefficient (Wildman–Crippen LogP) is 3.70. The molecule has 5 heteroatoms. The summed E-state index contributed by atoms with van der Waals surface area (Å²) in [4.78, 5) is 11.5. The molecule has 0 spiro atoms. The molecule has 1 fully saturated rings. The molecule has 1 aromatic carbocycles. The van der Waals surface area contributed by atoms with Crippen molar-refractivity contribution < 1.29 is 9.90 Å². The van der Waals surface area contributed by atoms with E-state index in [9.17, 15) is 9.90 Å². The Hall–Kier alpha value is -1.81. The number of carbonyl (C=O) groups is 1. The van der Waals surface area contributed by atoms with Gasteiger partial charge in [0.2, 0.25) is 0 Å². The molecular weight excluding hydrogens is 264 g/mol. The zero-order chi connectivity index (χ0) is 13.4. The summed E-state index contributed by atoms with van der Waals surface area (Å²) in [7, 11) is 0. The Morgan fingerprint density at radius 2 is 2.00 bits per heavy atom. The van der Waals surface area contributed by atoms with E-state index in [0.717, 1.165) is 30.5 Å². The monoisotopic (exact) mass is 276 g/mol. The first-order valence-corrected chi connectivity index (χ1v) is 6.62. The van der Waals surface area contributed by atoms with E-state index >= 15 is 0 Å². The maximum absolute atomic E-state index is 11.5. The fraction of sp³-hybridized carbons (Fsp3) is 0.286. The molecule has 19 heavy (non-hydrogen) atoms. The van der Waals surface area contributed by atoms with Gasteiger partial charge in [0.25, 0.3) is 0 Å². The second kappa shape index (κ2) is 4.70. The number of rotatable bonds is 3. The number of benzene rings is 1. The quantitative estimate of drug-likeness (QED) is 0.898. The molecule has 0 radical (unpaired) electrons. The van der Waals surface area contributed by atoms with Crippen LogP contribution in [0.3, 0.4) is 0 Å². The molecule has 2 aromatic rings. The Balaban J connectivity index is 2.08. The molecule has 1 heterocycles. The maximum atomic E-state index is 11.5. The van der Waals surface area contributed by atoms with Gasteiger partial charge in [0.1, 0.15) is 11.3 Å². The van der Waals surface area contributed by atoms with Gasteiger partial charge < -0.3 is 5.11 Å². The SMILES string of the molecule is O=C(O)c1c(-c2ccc(Cl)cc2)n[nH]c1C1CCC1. The van der Waals surface area contributed by atoms with E-state index in [4.69, 9.17) is 11.6 Å². The van der Waals surface area contributed by atoms with Crippen LogP contribution in [0.15, 0.2) is 24.3 Å². The van der Waals surface area contributed by atoms with Crippen LogP contribution in [0.25, 0.3) is 11.3 Å². The fourth-order valence-electron chi connectivity index (χ4n) is 2.38. The molecule has 3 rings (SSSR count). The summed E-state index contributed by atoms with van der Waals surface area (Å²) in [5.41, 5.74) is 2.31. The van der Waals surface area contributed by atoms with Gasteiger partial charge in [0.15, 0.2) is 0 Å². The van der Waals surface area contributed by atoms with Crippen molar-refractivity contribution in [2.45, 2.75) is 25.2 Å². The highest BCUT2D eigenvalue weighted by atomic mass is 35.5. The number of carboxylic acid groups (broad SMARTS) is 1. The molecule has 1 aliphatic carbocycles. The summed E-state index contributed by atoms with van der Waals surface area (Å²) in [6.07, 6.45) is 3.21. The van der Waals surface area contributed by atoms with Crippen molar-refractivity contribution in [1.29, 1.82) is 0 Å². The van der Waals surface area contributed by atoms with Crippen LogP contribution < -0.4 is 0 Å². The number of hydrogen-bond donors (Lipinski definition) is 2. The molecule has 0 aliphatic heterocycles. The molecule has 4 nitrogen and oxygen atoms in total. The average Bonchev–Trinajstić information content (AvgIpc) is 2.72. The Kier molecular flexibility index (Phi) is 3.03. The number of hydrogen-bond acceptors (Lipinski definition) is 2. The number of halogens is 1. The molecule has 1 saturated carbocycles. The predicted molar refractivity (Wildman–Crippen MR) is 72.6 cm³/mol. The lowest BCUT2D eigenvalue weighted by Gasteiger charge is -2.24. The third-order valence-electron chi connectivity index (χ3n) is 3.64. The van der Waals surface area contributed by atoms with Gasteiger partial charge in [0, 0.05) is 16.5 Å². The van der Waals surface area contributed by atoms with E-state index in [1.165, 1.54) is 0 Å². The number of aromatic nitrogens is 2.